The highest BCUT2D eigenvalue weighted by atomic mass is 127. The molecule has 2 rings (SSSR count). The van der Waals surface area contributed by atoms with Crippen molar-refractivity contribution >= 4 is 29.9 Å². The number of aliphatic hydroxyl groups is 1. The molecule has 1 heterocycles. The minimum atomic E-state index is -0.164. The summed E-state index contributed by atoms with van der Waals surface area (Å²) in [5, 5.41) is 15.9. The van der Waals surface area contributed by atoms with Crippen LogP contribution in [0, 0.1) is 0 Å². The highest BCUT2D eigenvalue weighted by Crippen LogP contribution is 2.16. The number of hydrogen-bond donors (Lipinski definition) is 3. The predicted molar refractivity (Wildman–Crippen MR) is 97.0 cm³/mol. The average molecular weight is 404 g/mol. The molecular formula is C15H25IN4O. The van der Waals surface area contributed by atoms with Gasteiger partial charge in [-0.1, -0.05) is 24.3 Å². The van der Waals surface area contributed by atoms with Gasteiger partial charge in [-0.05, 0) is 17.5 Å². The van der Waals surface area contributed by atoms with Crippen LogP contribution in [0.25, 0.3) is 0 Å². The Balaban J connectivity index is 0.00000220. The standard InChI is InChI=1S/C15H24N4O.HI/c1-16-15(17-2)18-9-12-5-3-4-6-13(12)10-19-8-7-14(20)11-19;/h3-6,14,20H,7-11H2,1-2H3,(H2,16,17,18);1H. The molecule has 0 aliphatic carbocycles. The third-order valence-corrected chi connectivity index (χ3v) is 3.67. The second-order valence-corrected chi connectivity index (χ2v) is 5.12. The molecule has 0 radical (unpaired) electrons. The number of aliphatic hydroxyl groups excluding tert-OH is 1. The number of benzene rings is 1. The Labute approximate surface area is 143 Å². The molecule has 0 saturated carbocycles. The van der Waals surface area contributed by atoms with Gasteiger partial charge in [0.15, 0.2) is 5.96 Å². The summed E-state index contributed by atoms with van der Waals surface area (Å²) < 4.78 is 0. The lowest BCUT2D eigenvalue weighted by atomic mass is 10.1. The summed E-state index contributed by atoms with van der Waals surface area (Å²) in [5.41, 5.74) is 2.57. The predicted octanol–water partition coefficient (Wildman–Crippen LogP) is 1.17. The molecule has 1 aromatic carbocycles. The summed E-state index contributed by atoms with van der Waals surface area (Å²) in [6.45, 7) is 3.40. The fraction of sp³-hybridized carbons (Fsp3) is 0.533. The number of nitrogens with one attached hydrogen (secondary N) is 2. The third-order valence-electron chi connectivity index (χ3n) is 3.67. The van der Waals surface area contributed by atoms with E-state index >= 15 is 0 Å². The maximum atomic E-state index is 9.61. The van der Waals surface area contributed by atoms with E-state index in [0.29, 0.717) is 0 Å². The zero-order valence-corrected chi connectivity index (χ0v) is 15.0. The number of likely N-dealkylation sites (tertiary alicyclic amines) is 1. The fourth-order valence-corrected chi connectivity index (χ4v) is 2.54. The molecule has 21 heavy (non-hydrogen) atoms. The Morgan fingerprint density at radius 1 is 1.38 bits per heavy atom. The highest BCUT2D eigenvalue weighted by molar-refractivity contribution is 14.0. The maximum absolute atomic E-state index is 9.61. The van der Waals surface area contributed by atoms with Gasteiger partial charge in [0, 0.05) is 40.3 Å². The van der Waals surface area contributed by atoms with Gasteiger partial charge in [0.1, 0.15) is 0 Å². The van der Waals surface area contributed by atoms with Crippen LogP contribution in [-0.2, 0) is 13.1 Å². The van der Waals surface area contributed by atoms with Crippen LogP contribution >= 0.6 is 24.0 Å². The summed E-state index contributed by atoms with van der Waals surface area (Å²) >= 11 is 0. The monoisotopic (exact) mass is 404 g/mol. The van der Waals surface area contributed by atoms with Crippen molar-refractivity contribution in [3.8, 4) is 0 Å². The van der Waals surface area contributed by atoms with E-state index in [4.69, 9.17) is 0 Å². The van der Waals surface area contributed by atoms with E-state index in [1.165, 1.54) is 11.1 Å². The Kier molecular flexibility index (Phi) is 7.98. The Morgan fingerprint density at radius 3 is 2.67 bits per heavy atom. The Morgan fingerprint density at radius 2 is 2.10 bits per heavy atom. The van der Waals surface area contributed by atoms with Crippen molar-refractivity contribution in [2.75, 3.05) is 27.2 Å². The van der Waals surface area contributed by atoms with E-state index in [9.17, 15) is 5.11 Å². The lowest BCUT2D eigenvalue weighted by molar-refractivity contribution is 0.174. The van der Waals surface area contributed by atoms with Crippen LogP contribution in [0.4, 0.5) is 0 Å². The molecule has 1 saturated heterocycles. The first-order valence-electron chi connectivity index (χ1n) is 7.08. The summed E-state index contributed by atoms with van der Waals surface area (Å²) in [5.74, 6) is 0.788. The topological polar surface area (TPSA) is 59.9 Å². The van der Waals surface area contributed by atoms with Gasteiger partial charge < -0.3 is 15.7 Å². The van der Waals surface area contributed by atoms with Gasteiger partial charge in [-0.2, -0.15) is 0 Å². The van der Waals surface area contributed by atoms with Gasteiger partial charge in [-0.25, -0.2) is 0 Å². The van der Waals surface area contributed by atoms with Crippen LogP contribution in [0.15, 0.2) is 29.3 Å². The van der Waals surface area contributed by atoms with E-state index in [2.05, 4.69) is 44.8 Å². The van der Waals surface area contributed by atoms with Gasteiger partial charge in [-0.15, -0.1) is 24.0 Å². The van der Waals surface area contributed by atoms with Crippen LogP contribution < -0.4 is 10.6 Å². The molecule has 6 heteroatoms. The quantitative estimate of drug-likeness (QED) is 0.401. The van der Waals surface area contributed by atoms with Crippen LogP contribution in [0.1, 0.15) is 17.5 Å². The number of halogens is 1. The molecule has 1 aliphatic heterocycles. The molecule has 0 bridgehead atoms. The normalized spacial score (nSPS) is 19.2. The van der Waals surface area contributed by atoms with E-state index in [-0.39, 0.29) is 30.1 Å². The Hall–Kier alpha value is -0.860. The molecule has 1 aromatic rings. The molecule has 0 spiro atoms. The second kappa shape index (κ2) is 9.22. The van der Waals surface area contributed by atoms with E-state index in [1.807, 2.05) is 7.05 Å². The SMILES string of the molecule is CN=C(NC)NCc1ccccc1CN1CCC(O)C1.I. The smallest absolute Gasteiger partial charge is 0.190 e. The van der Waals surface area contributed by atoms with E-state index in [0.717, 1.165) is 38.6 Å². The number of hydrogen-bond acceptors (Lipinski definition) is 3. The highest BCUT2D eigenvalue weighted by Gasteiger charge is 2.20. The molecule has 0 amide bonds. The lowest BCUT2D eigenvalue weighted by Crippen LogP contribution is -2.34. The van der Waals surface area contributed by atoms with Gasteiger partial charge in [-0.3, -0.25) is 9.89 Å². The van der Waals surface area contributed by atoms with Crippen LogP contribution in [-0.4, -0.2) is 49.3 Å². The fourth-order valence-electron chi connectivity index (χ4n) is 2.54. The van der Waals surface area contributed by atoms with Crippen LogP contribution in [0.2, 0.25) is 0 Å². The van der Waals surface area contributed by atoms with Crippen molar-refractivity contribution in [1.82, 2.24) is 15.5 Å². The molecule has 0 aromatic heterocycles. The molecule has 1 unspecified atom stereocenters. The van der Waals surface area contributed by atoms with Crippen molar-refractivity contribution in [3.05, 3.63) is 35.4 Å². The number of rotatable bonds is 4. The minimum absolute atomic E-state index is 0. The minimum Gasteiger partial charge on any atom is -0.392 e. The van der Waals surface area contributed by atoms with Gasteiger partial charge >= 0.3 is 0 Å². The van der Waals surface area contributed by atoms with Crippen molar-refractivity contribution in [3.63, 3.8) is 0 Å². The number of aliphatic imine (C=N–C) groups is 1. The van der Waals surface area contributed by atoms with Crippen molar-refractivity contribution < 1.29 is 5.11 Å². The van der Waals surface area contributed by atoms with Gasteiger partial charge in [0.25, 0.3) is 0 Å². The summed E-state index contributed by atoms with van der Waals surface area (Å²) in [6, 6.07) is 8.42. The largest absolute Gasteiger partial charge is 0.392 e. The van der Waals surface area contributed by atoms with Crippen molar-refractivity contribution in [2.24, 2.45) is 4.99 Å². The first kappa shape index (κ1) is 18.2. The second-order valence-electron chi connectivity index (χ2n) is 5.12. The first-order valence-corrected chi connectivity index (χ1v) is 7.08. The number of guanidine groups is 1. The molecule has 1 fully saturated rings. The Bertz CT molecular complexity index is 467. The third kappa shape index (κ3) is 5.44. The summed E-state index contributed by atoms with van der Waals surface area (Å²) in [6.07, 6.45) is 0.718. The maximum Gasteiger partial charge on any atom is 0.190 e. The zero-order chi connectivity index (χ0) is 14.4. The number of nitrogens with zero attached hydrogens (tertiary/aromatic N) is 2. The molecule has 1 aliphatic rings. The molecule has 1 atom stereocenters. The van der Waals surface area contributed by atoms with E-state index in [1.54, 1.807) is 7.05 Å². The zero-order valence-electron chi connectivity index (χ0n) is 12.7. The first-order chi connectivity index (χ1) is 9.72. The molecule has 5 nitrogen and oxygen atoms in total. The van der Waals surface area contributed by atoms with E-state index < -0.39 is 0 Å². The molecule has 118 valence electrons. The number of β-amino-alcohol motifs (C(OH)–C–C–N with tert-alkyl or cyclic N) is 1. The van der Waals surface area contributed by atoms with Gasteiger partial charge in [0.2, 0.25) is 0 Å². The van der Waals surface area contributed by atoms with Crippen molar-refractivity contribution in [2.45, 2.75) is 25.6 Å². The van der Waals surface area contributed by atoms with Crippen LogP contribution in [0.5, 0.6) is 0 Å². The molecular weight excluding hydrogens is 379 g/mol. The average Bonchev–Trinajstić information content (AvgIpc) is 2.87. The van der Waals surface area contributed by atoms with Crippen molar-refractivity contribution in [1.29, 1.82) is 0 Å². The van der Waals surface area contributed by atoms with Gasteiger partial charge in [0.05, 0.1) is 6.10 Å². The molecule has 3 N–H and O–H groups in total. The van der Waals surface area contributed by atoms with Crippen LogP contribution in [0.3, 0.4) is 0 Å². The summed E-state index contributed by atoms with van der Waals surface area (Å²) in [7, 11) is 3.61. The lowest BCUT2D eigenvalue weighted by Gasteiger charge is -2.18. The summed E-state index contributed by atoms with van der Waals surface area (Å²) in [4.78, 5) is 6.42.